The van der Waals surface area contributed by atoms with E-state index in [-0.39, 0.29) is 6.42 Å². The molecule has 4 heteroatoms. The Balaban J connectivity index is 3.49. The second kappa shape index (κ2) is 5.21. The van der Waals surface area contributed by atoms with Crippen molar-refractivity contribution in [3.05, 3.63) is 29.3 Å². The minimum absolute atomic E-state index is 0.0453. The van der Waals surface area contributed by atoms with E-state index in [0.29, 0.717) is 5.75 Å². The third kappa shape index (κ3) is 3.07. The molecule has 1 aromatic carbocycles. The van der Waals surface area contributed by atoms with Crippen molar-refractivity contribution in [3.8, 4) is 5.75 Å². The molecule has 0 aromatic heterocycles. The van der Waals surface area contributed by atoms with E-state index in [1.54, 1.807) is 7.11 Å². The van der Waals surface area contributed by atoms with Crippen LogP contribution in [-0.2, 0) is 10.2 Å². The maximum absolute atomic E-state index is 11.2. The Morgan fingerprint density at radius 1 is 1.37 bits per heavy atom. The molecule has 0 heterocycles. The number of hydrogen-bond donors (Lipinski definition) is 2. The number of methoxy groups -OCH3 is 1. The zero-order valence-electron chi connectivity index (χ0n) is 12.3. The van der Waals surface area contributed by atoms with E-state index in [2.05, 4.69) is 0 Å². The summed E-state index contributed by atoms with van der Waals surface area (Å²) in [6.45, 7) is 7.53. The molecular formula is C15H23NO3. The van der Waals surface area contributed by atoms with E-state index >= 15 is 0 Å². The van der Waals surface area contributed by atoms with Crippen LogP contribution in [0.2, 0.25) is 0 Å². The van der Waals surface area contributed by atoms with Crippen molar-refractivity contribution in [3.63, 3.8) is 0 Å². The summed E-state index contributed by atoms with van der Waals surface area (Å²) in [6, 6.07) is 5.75. The molecule has 3 N–H and O–H groups in total. The van der Waals surface area contributed by atoms with Crippen molar-refractivity contribution >= 4 is 5.97 Å². The molecule has 4 nitrogen and oxygen atoms in total. The van der Waals surface area contributed by atoms with E-state index in [1.807, 2.05) is 45.9 Å². The minimum atomic E-state index is -0.871. The topological polar surface area (TPSA) is 72.5 Å². The quantitative estimate of drug-likeness (QED) is 0.857. The zero-order chi connectivity index (χ0) is 14.8. The van der Waals surface area contributed by atoms with Crippen LogP contribution in [0.15, 0.2) is 18.2 Å². The summed E-state index contributed by atoms with van der Waals surface area (Å²) < 4.78 is 5.37. The summed E-state index contributed by atoms with van der Waals surface area (Å²) in [7, 11) is 1.58. The van der Waals surface area contributed by atoms with Gasteiger partial charge in [-0.05, 0) is 26.8 Å². The van der Waals surface area contributed by atoms with E-state index in [1.165, 1.54) is 0 Å². The van der Waals surface area contributed by atoms with Gasteiger partial charge in [-0.3, -0.25) is 4.79 Å². The van der Waals surface area contributed by atoms with E-state index in [4.69, 9.17) is 10.5 Å². The number of rotatable bonds is 5. The van der Waals surface area contributed by atoms with Gasteiger partial charge in [0.15, 0.2) is 0 Å². The lowest BCUT2D eigenvalue weighted by Crippen LogP contribution is -2.53. The highest BCUT2D eigenvalue weighted by Crippen LogP contribution is 2.41. The van der Waals surface area contributed by atoms with Gasteiger partial charge >= 0.3 is 5.97 Å². The first kappa shape index (κ1) is 15.5. The molecule has 1 unspecified atom stereocenters. The lowest BCUT2D eigenvalue weighted by molar-refractivity contribution is -0.139. The molecule has 0 saturated carbocycles. The van der Waals surface area contributed by atoms with Gasteiger partial charge in [0.1, 0.15) is 5.75 Å². The Morgan fingerprint density at radius 2 is 1.95 bits per heavy atom. The molecule has 1 rings (SSSR count). The Hall–Kier alpha value is -1.55. The normalized spacial score (nSPS) is 14.8. The van der Waals surface area contributed by atoms with Crippen LogP contribution in [0.4, 0.5) is 0 Å². The van der Waals surface area contributed by atoms with Crippen molar-refractivity contribution in [2.75, 3.05) is 7.11 Å². The van der Waals surface area contributed by atoms with Gasteiger partial charge in [0.05, 0.1) is 13.5 Å². The molecule has 19 heavy (non-hydrogen) atoms. The highest BCUT2D eigenvalue weighted by molar-refractivity contribution is 5.70. The number of benzene rings is 1. The van der Waals surface area contributed by atoms with E-state index in [9.17, 15) is 9.90 Å². The number of aryl methyl sites for hydroxylation is 1. The van der Waals surface area contributed by atoms with Crippen LogP contribution >= 0.6 is 0 Å². The number of carboxylic acids is 1. The molecule has 0 aliphatic heterocycles. The molecule has 0 bridgehead atoms. The Labute approximate surface area is 114 Å². The van der Waals surface area contributed by atoms with E-state index in [0.717, 1.165) is 11.1 Å². The predicted octanol–water partition coefficient (Wildman–Crippen LogP) is 2.47. The smallest absolute Gasteiger partial charge is 0.304 e. The fraction of sp³-hybridized carbons (Fsp3) is 0.533. The maximum atomic E-state index is 11.2. The standard InChI is InChI=1S/C15H23NO3/c1-10-6-7-12(19-5)11(8-10)15(4,9-13(17)18)14(2,3)16/h6-8H,9,16H2,1-5H3,(H,17,18). The molecule has 1 atom stereocenters. The van der Waals surface area contributed by atoms with Crippen molar-refractivity contribution in [2.45, 2.75) is 45.1 Å². The van der Waals surface area contributed by atoms with Gasteiger partial charge in [0, 0.05) is 16.5 Å². The minimum Gasteiger partial charge on any atom is -0.496 e. The molecule has 0 aliphatic rings. The monoisotopic (exact) mass is 265 g/mol. The molecule has 0 aliphatic carbocycles. The Kier molecular flexibility index (Phi) is 4.25. The molecule has 0 saturated heterocycles. The van der Waals surface area contributed by atoms with Crippen LogP contribution in [-0.4, -0.2) is 23.7 Å². The molecule has 0 radical (unpaired) electrons. The van der Waals surface area contributed by atoms with Gasteiger partial charge in [-0.2, -0.15) is 0 Å². The van der Waals surface area contributed by atoms with Crippen LogP contribution in [0.1, 0.15) is 38.3 Å². The Morgan fingerprint density at radius 3 is 2.37 bits per heavy atom. The van der Waals surface area contributed by atoms with Gasteiger partial charge in [0.25, 0.3) is 0 Å². The van der Waals surface area contributed by atoms with E-state index < -0.39 is 16.9 Å². The number of aliphatic carboxylic acids is 1. The lowest BCUT2D eigenvalue weighted by Gasteiger charge is -2.42. The summed E-state index contributed by atoms with van der Waals surface area (Å²) in [5.74, 6) is -0.197. The van der Waals surface area contributed by atoms with Crippen molar-refractivity contribution in [2.24, 2.45) is 5.73 Å². The lowest BCUT2D eigenvalue weighted by atomic mass is 9.66. The van der Waals surface area contributed by atoms with Gasteiger partial charge in [0.2, 0.25) is 0 Å². The molecule has 0 fully saturated rings. The highest BCUT2D eigenvalue weighted by Gasteiger charge is 2.43. The number of hydrogen-bond acceptors (Lipinski definition) is 3. The van der Waals surface area contributed by atoms with Crippen LogP contribution < -0.4 is 10.5 Å². The second-order valence-electron chi connectivity index (χ2n) is 5.83. The summed E-state index contributed by atoms with van der Waals surface area (Å²) >= 11 is 0. The number of carboxylic acid groups (broad SMARTS) is 1. The largest absolute Gasteiger partial charge is 0.496 e. The molecule has 0 spiro atoms. The fourth-order valence-electron chi connectivity index (χ4n) is 2.23. The molecule has 0 amide bonds. The summed E-state index contributed by atoms with van der Waals surface area (Å²) in [4.78, 5) is 11.2. The summed E-state index contributed by atoms with van der Waals surface area (Å²) in [5.41, 5.74) is 6.74. The summed E-state index contributed by atoms with van der Waals surface area (Å²) in [6.07, 6.45) is -0.0453. The average Bonchev–Trinajstić information content (AvgIpc) is 2.26. The first-order chi connectivity index (χ1) is 8.61. The SMILES string of the molecule is COc1ccc(C)cc1C(C)(CC(=O)O)C(C)(C)N. The van der Waals surface area contributed by atoms with Crippen molar-refractivity contribution in [1.82, 2.24) is 0 Å². The zero-order valence-corrected chi connectivity index (χ0v) is 12.3. The Bertz CT molecular complexity index is 477. The number of nitrogens with two attached hydrogens (primary N) is 1. The van der Waals surface area contributed by atoms with Crippen molar-refractivity contribution < 1.29 is 14.6 Å². The van der Waals surface area contributed by atoms with Gasteiger partial charge in [-0.25, -0.2) is 0 Å². The first-order valence-corrected chi connectivity index (χ1v) is 6.27. The number of carbonyl (C=O) groups is 1. The third-order valence-corrected chi connectivity index (χ3v) is 3.88. The molecule has 1 aromatic rings. The number of ether oxygens (including phenoxy) is 1. The predicted molar refractivity (Wildman–Crippen MR) is 75.6 cm³/mol. The van der Waals surface area contributed by atoms with Crippen LogP contribution in [0.3, 0.4) is 0 Å². The third-order valence-electron chi connectivity index (χ3n) is 3.88. The highest BCUT2D eigenvalue weighted by atomic mass is 16.5. The molecule has 106 valence electrons. The van der Waals surface area contributed by atoms with Crippen LogP contribution in [0.25, 0.3) is 0 Å². The summed E-state index contributed by atoms with van der Waals surface area (Å²) in [5, 5.41) is 9.21. The van der Waals surface area contributed by atoms with Gasteiger partial charge in [-0.15, -0.1) is 0 Å². The van der Waals surface area contributed by atoms with Gasteiger partial charge < -0.3 is 15.6 Å². The van der Waals surface area contributed by atoms with Crippen LogP contribution in [0, 0.1) is 6.92 Å². The van der Waals surface area contributed by atoms with Crippen LogP contribution in [0.5, 0.6) is 5.75 Å². The molecular weight excluding hydrogens is 242 g/mol. The fourth-order valence-corrected chi connectivity index (χ4v) is 2.23. The second-order valence-corrected chi connectivity index (χ2v) is 5.83. The average molecular weight is 265 g/mol. The van der Waals surface area contributed by atoms with Gasteiger partial charge in [-0.1, -0.05) is 24.6 Å². The first-order valence-electron chi connectivity index (χ1n) is 6.27. The van der Waals surface area contributed by atoms with Crippen molar-refractivity contribution in [1.29, 1.82) is 0 Å². The maximum Gasteiger partial charge on any atom is 0.304 e.